The fraction of sp³-hybridized carbons (Fsp3) is 0.353. The highest BCUT2D eigenvalue weighted by molar-refractivity contribution is 5.66. The van der Waals surface area contributed by atoms with Crippen LogP contribution in [0.25, 0.3) is 11.1 Å². The minimum Gasteiger partial charge on any atom is -0.312 e. The summed E-state index contributed by atoms with van der Waals surface area (Å²) in [4.78, 5) is 4.28. The Labute approximate surface area is 113 Å². The molecule has 0 bridgehead atoms. The molecule has 1 saturated carbocycles. The van der Waals surface area contributed by atoms with Crippen LogP contribution >= 0.6 is 0 Å². The molecule has 1 spiro atoms. The molecule has 2 aromatic rings. The summed E-state index contributed by atoms with van der Waals surface area (Å²) in [6.45, 7) is 4.22. The Morgan fingerprint density at radius 3 is 2.74 bits per heavy atom. The van der Waals surface area contributed by atoms with Crippen molar-refractivity contribution < 1.29 is 0 Å². The highest BCUT2D eigenvalue weighted by atomic mass is 14.9. The molecule has 2 aliphatic rings. The van der Waals surface area contributed by atoms with Gasteiger partial charge in [-0.3, -0.25) is 4.98 Å². The molecule has 0 amide bonds. The lowest BCUT2D eigenvalue weighted by Crippen LogP contribution is -2.33. The lowest BCUT2D eigenvalue weighted by Gasteiger charge is -2.27. The lowest BCUT2D eigenvalue weighted by molar-refractivity contribution is 0.531. The number of pyridine rings is 1. The van der Waals surface area contributed by atoms with Gasteiger partial charge in [0, 0.05) is 30.4 Å². The minimum atomic E-state index is 0.450. The molecule has 1 aliphatic carbocycles. The zero-order chi connectivity index (χ0) is 12.9. The molecule has 0 saturated heterocycles. The fourth-order valence-corrected chi connectivity index (χ4v) is 3.26. The Morgan fingerprint density at radius 2 is 1.95 bits per heavy atom. The van der Waals surface area contributed by atoms with Crippen LogP contribution in [0.5, 0.6) is 0 Å². The average molecular weight is 250 g/mol. The second kappa shape index (κ2) is 3.91. The van der Waals surface area contributed by atoms with Crippen molar-refractivity contribution >= 4 is 0 Å². The van der Waals surface area contributed by atoms with Gasteiger partial charge < -0.3 is 5.32 Å². The molecule has 96 valence electrons. The van der Waals surface area contributed by atoms with Crippen LogP contribution in [0, 0.1) is 6.92 Å². The Bertz CT molecular complexity index is 641. The second-order valence-electron chi connectivity index (χ2n) is 5.94. The first-order valence-electron chi connectivity index (χ1n) is 7.04. The number of hydrogen-bond donors (Lipinski definition) is 1. The first-order chi connectivity index (χ1) is 9.27. The van der Waals surface area contributed by atoms with Crippen LogP contribution in [-0.2, 0) is 12.0 Å². The summed E-state index contributed by atoms with van der Waals surface area (Å²) in [6, 6.07) is 11.2. The monoisotopic (exact) mass is 250 g/mol. The summed E-state index contributed by atoms with van der Waals surface area (Å²) < 4.78 is 0. The van der Waals surface area contributed by atoms with Crippen LogP contribution in [0.4, 0.5) is 0 Å². The summed E-state index contributed by atoms with van der Waals surface area (Å²) >= 11 is 0. The number of benzene rings is 1. The minimum absolute atomic E-state index is 0.450. The van der Waals surface area contributed by atoms with Gasteiger partial charge in [0.1, 0.15) is 0 Å². The van der Waals surface area contributed by atoms with Gasteiger partial charge in [0.25, 0.3) is 0 Å². The molecule has 1 aromatic heterocycles. The zero-order valence-electron chi connectivity index (χ0n) is 11.2. The predicted molar refractivity (Wildman–Crippen MR) is 77.0 cm³/mol. The standard InChI is InChI=1S/C17H18N2/c1-12-8-14(4-7-19-12)13-2-3-15-10-18-11-17(5-6-17)16(15)9-13/h2-4,7-9,18H,5-6,10-11H2,1H3. The summed E-state index contributed by atoms with van der Waals surface area (Å²) in [5, 5.41) is 3.55. The molecule has 0 unspecified atom stereocenters. The summed E-state index contributed by atoms with van der Waals surface area (Å²) in [5.41, 5.74) is 7.21. The van der Waals surface area contributed by atoms with Gasteiger partial charge in [0.15, 0.2) is 0 Å². The van der Waals surface area contributed by atoms with E-state index in [1.165, 1.54) is 29.5 Å². The van der Waals surface area contributed by atoms with Crippen molar-refractivity contribution in [2.45, 2.75) is 31.7 Å². The highest BCUT2D eigenvalue weighted by Crippen LogP contribution is 2.51. The predicted octanol–water partition coefficient (Wildman–Crippen LogP) is 3.19. The molecule has 2 heteroatoms. The molecule has 1 fully saturated rings. The normalized spacial score (nSPS) is 19.2. The van der Waals surface area contributed by atoms with Crippen LogP contribution in [-0.4, -0.2) is 11.5 Å². The summed E-state index contributed by atoms with van der Waals surface area (Å²) in [5.74, 6) is 0. The third-order valence-corrected chi connectivity index (χ3v) is 4.54. The fourth-order valence-electron chi connectivity index (χ4n) is 3.26. The van der Waals surface area contributed by atoms with Crippen LogP contribution in [0.15, 0.2) is 36.5 Å². The average Bonchev–Trinajstić information content (AvgIpc) is 3.19. The number of aryl methyl sites for hydroxylation is 1. The van der Waals surface area contributed by atoms with E-state index in [2.05, 4.69) is 40.6 Å². The lowest BCUT2D eigenvalue weighted by atomic mass is 9.86. The topological polar surface area (TPSA) is 24.9 Å². The molecule has 0 atom stereocenters. The second-order valence-corrected chi connectivity index (χ2v) is 5.94. The molecule has 1 N–H and O–H groups in total. The van der Waals surface area contributed by atoms with E-state index in [0.717, 1.165) is 18.8 Å². The van der Waals surface area contributed by atoms with Gasteiger partial charge >= 0.3 is 0 Å². The molecule has 0 radical (unpaired) electrons. The van der Waals surface area contributed by atoms with Gasteiger partial charge in [0.05, 0.1) is 0 Å². The van der Waals surface area contributed by atoms with Gasteiger partial charge in [0.2, 0.25) is 0 Å². The largest absolute Gasteiger partial charge is 0.312 e. The van der Waals surface area contributed by atoms with Crippen molar-refractivity contribution in [2.24, 2.45) is 0 Å². The number of hydrogen-bond acceptors (Lipinski definition) is 2. The van der Waals surface area contributed by atoms with Gasteiger partial charge in [-0.2, -0.15) is 0 Å². The number of fused-ring (bicyclic) bond motifs is 2. The number of nitrogens with one attached hydrogen (secondary N) is 1. The van der Waals surface area contributed by atoms with Crippen LogP contribution in [0.3, 0.4) is 0 Å². The van der Waals surface area contributed by atoms with E-state index < -0.39 is 0 Å². The maximum absolute atomic E-state index is 4.28. The molecule has 2 heterocycles. The van der Waals surface area contributed by atoms with Crippen LogP contribution in [0.1, 0.15) is 29.7 Å². The maximum Gasteiger partial charge on any atom is 0.0378 e. The zero-order valence-corrected chi connectivity index (χ0v) is 11.2. The molecule has 19 heavy (non-hydrogen) atoms. The van der Waals surface area contributed by atoms with Crippen LogP contribution < -0.4 is 5.32 Å². The van der Waals surface area contributed by atoms with Crippen molar-refractivity contribution in [1.29, 1.82) is 0 Å². The first-order valence-corrected chi connectivity index (χ1v) is 7.04. The van der Waals surface area contributed by atoms with E-state index in [-0.39, 0.29) is 0 Å². The van der Waals surface area contributed by atoms with E-state index in [4.69, 9.17) is 0 Å². The maximum atomic E-state index is 4.28. The van der Waals surface area contributed by atoms with Crippen molar-refractivity contribution in [2.75, 3.05) is 6.54 Å². The van der Waals surface area contributed by atoms with Gasteiger partial charge in [-0.15, -0.1) is 0 Å². The summed E-state index contributed by atoms with van der Waals surface area (Å²) in [6.07, 6.45) is 4.58. The molecule has 4 rings (SSSR count). The molecule has 1 aliphatic heterocycles. The van der Waals surface area contributed by atoms with E-state index >= 15 is 0 Å². The third kappa shape index (κ3) is 1.79. The number of aromatic nitrogens is 1. The van der Waals surface area contributed by atoms with E-state index in [0.29, 0.717) is 5.41 Å². The Balaban J connectivity index is 1.83. The Morgan fingerprint density at radius 1 is 1.11 bits per heavy atom. The molecular weight excluding hydrogens is 232 g/mol. The van der Waals surface area contributed by atoms with E-state index in [1.807, 2.05) is 13.1 Å². The van der Waals surface area contributed by atoms with Crippen LogP contribution in [0.2, 0.25) is 0 Å². The van der Waals surface area contributed by atoms with E-state index in [1.54, 1.807) is 5.56 Å². The number of nitrogens with zero attached hydrogens (tertiary/aromatic N) is 1. The van der Waals surface area contributed by atoms with Crippen molar-refractivity contribution in [3.05, 3.63) is 53.3 Å². The smallest absolute Gasteiger partial charge is 0.0378 e. The van der Waals surface area contributed by atoms with Crippen molar-refractivity contribution in [3.63, 3.8) is 0 Å². The van der Waals surface area contributed by atoms with Crippen molar-refractivity contribution in [3.8, 4) is 11.1 Å². The van der Waals surface area contributed by atoms with Gasteiger partial charge in [-0.05, 0) is 54.2 Å². The SMILES string of the molecule is Cc1cc(-c2ccc3c(c2)C2(CC2)CNC3)ccn1. The third-order valence-electron chi connectivity index (χ3n) is 4.54. The number of rotatable bonds is 1. The summed E-state index contributed by atoms with van der Waals surface area (Å²) in [7, 11) is 0. The quantitative estimate of drug-likeness (QED) is 0.840. The molecule has 2 nitrogen and oxygen atoms in total. The van der Waals surface area contributed by atoms with Crippen molar-refractivity contribution in [1.82, 2.24) is 10.3 Å². The highest BCUT2D eigenvalue weighted by Gasteiger charge is 2.46. The molecular formula is C17H18N2. The van der Waals surface area contributed by atoms with Gasteiger partial charge in [-0.25, -0.2) is 0 Å². The van der Waals surface area contributed by atoms with E-state index in [9.17, 15) is 0 Å². The Hall–Kier alpha value is -1.67. The first kappa shape index (κ1) is 11.2. The Kier molecular flexibility index (Phi) is 2.30. The van der Waals surface area contributed by atoms with Gasteiger partial charge in [-0.1, -0.05) is 18.2 Å². The molecule has 1 aromatic carbocycles.